The van der Waals surface area contributed by atoms with Crippen molar-refractivity contribution >= 4 is 17.3 Å². The van der Waals surface area contributed by atoms with Crippen LogP contribution in [0, 0.1) is 18.6 Å². The van der Waals surface area contributed by atoms with E-state index in [0.29, 0.717) is 5.82 Å². The second-order valence-electron chi connectivity index (χ2n) is 6.37. The first kappa shape index (κ1) is 19.4. The highest BCUT2D eigenvalue weighted by Crippen LogP contribution is 2.40. The second kappa shape index (κ2) is 6.58. The molecule has 1 aromatic carbocycles. The minimum absolute atomic E-state index is 0.0475. The molecule has 3 aromatic rings. The predicted octanol–water partition coefficient (Wildman–Crippen LogP) is 4.83. The number of pyridine rings is 1. The van der Waals surface area contributed by atoms with Crippen LogP contribution in [-0.2, 0) is 6.18 Å². The van der Waals surface area contributed by atoms with E-state index in [4.69, 9.17) is 11.6 Å². The minimum atomic E-state index is -4.88. The molecule has 1 aliphatic heterocycles. The number of nitrogens with zero attached hydrogens (tertiary/aromatic N) is 5. The lowest BCUT2D eigenvalue weighted by molar-refractivity contribution is -0.141. The molecule has 0 radical (unpaired) electrons. The van der Waals surface area contributed by atoms with Gasteiger partial charge in [-0.15, -0.1) is 10.2 Å². The molecule has 5 nitrogen and oxygen atoms in total. The van der Waals surface area contributed by atoms with Crippen molar-refractivity contribution in [3.8, 4) is 5.69 Å². The van der Waals surface area contributed by atoms with Gasteiger partial charge in [-0.3, -0.25) is 9.56 Å². The molecule has 4 rings (SSSR count). The Morgan fingerprint density at radius 3 is 2.34 bits per heavy atom. The summed E-state index contributed by atoms with van der Waals surface area (Å²) in [5.41, 5.74) is -2.58. The van der Waals surface area contributed by atoms with Crippen molar-refractivity contribution < 1.29 is 22.0 Å². The molecule has 0 saturated carbocycles. The highest BCUT2D eigenvalue weighted by atomic mass is 35.5. The molecule has 0 saturated heterocycles. The Morgan fingerprint density at radius 2 is 1.72 bits per heavy atom. The van der Waals surface area contributed by atoms with Crippen LogP contribution in [-0.4, -0.2) is 25.5 Å². The molecule has 0 aliphatic carbocycles. The van der Waals surface area contributed by atoms with E-state index >= 15 is 0 Å². The first-order chi connectivity index (χ1) is 13.6. The van der Waals surface area contributed by atoms with Gasteiger partial charge in [0, 0.05) is 5.56 Å². The Hall–Kier alpha value is -2.88. The third kappa shape index (κ3) is 2.98. The third-order valence-corrected chi connectivity index (χ3v) is 4.86. The average molecular weight is 428 g/mol. The van der Waals surface area contributed by atoms with Gasteiger partial charge in [0.25, 0.3) is 0 Å². The van der Waals surface area contributed by atoms with Gasteiger partial charge in [-0.1, -0.05) is 17.7 Å². The summed E-state index contributed by atoms with van der Waals surface area (Å²) in [5.74, 6) is -1.38. The number of aromatic nitrogens is 4. The Labute approximate surface area is 165 Å². The van der Waals surface area contributed by atoms with Crippen molar-refractivity contribution in [1.82, 2.24) is 19.7 Å². The largest absolute Gasteiger partial charge is 0.434 e. The van der Waals surface area contributed by atoms with Crippen LogP contribution in [0.4, 0.5) is 22.0 Å². The number of halogens is 6. The summed E-state index contributed by atoms with van der Waals surface area (Å²) in [5, 5.41) is 7.11. The monoisotopic (exact) mass is 427 g/mol. The number of hydrogen-bond acceptors (Lipinski definition) is 4. The number of fused-ring (bicyclic) bond motifs is 3. The third-order valence-electron chi connectivity index (χ3n) is 4.49. The molecule has 0 bridgehead atoms. The average Bonchev–Trinajstić information content (AvgIpc) is 2.95. The van der Waals surface area contributed by atoms with Gasteiger partial charge in [0.05, 0.1) is 28.2 Å². The van der Waals surface area contributed by atoms with Crippen LogP contribution in [0.5, 0.6) is 0 Å². The molecule has 3 heterocycles. The van der Waals surface area contributed by atoms with E-state index < -0.39 is 40.1 Å². The molecule has 2 aromatic heterocycles. The van der Waals surface area contributed by atoms with E-state index in [1.807, 2.05) is 0 Å². The Bertz CT molecular complexity index is 1150. The summed E-state index contributed by atoms with van der Waals surface area (Å²) in [6, 6.07) is 2.34. The number of benzene rings is 1. The molecule has 1 aliphatic rings. The van der Waals surface area contributed by atoms with Crippen molar-refractivity contribution in [2.45, 2.75) is 26.1 Å². The lowest BCUT2D eigenvalue weighted by Gasteiger charge is -2.17. The maximum atomic E-state index is 14.6. The molecule has 0 N–H and O–H groups in total. The predicted molar refractivity (Wildman–Crippen MR) is 94.3 cm³/mol. The van der Waals surface area contributed by atoms with Gasteiger partial charge in [0.2, 0.25) is 0 Å². The standard InChI is InChI=1S/C18H11ClF5N5/c1-7-17-28-27-8(2)29(17)11-6-25-16(18(22,23)24)14(19)13(11)15(26-7)12-9(20)4-3-5-10(12)21/h3-7H,1-2H3/t7-/m0/s1. The van der Waals surface area contributed by atoms with Crippen molar-refractivity contribution in [3.63, 3.8) is 0 Å². The highest BCUT2D eigenvalue weighted by Gasteiger charge is 2.39. The van der Waals surface area contributed by atoms with Crippen LogP contribution < -0.4 is 0 Å². The summed E-state index contributed by atoms with van der Waals surface area (Å²) in [7, 11) is 0. The van der Waals surface area contributed by atoms with Gasteiger partial charge in [0.1, 0.15) is 23.5 Å². The Morgan fingerprint density at radius 1 is 1.07 bits per heavy atom. The molecular weight excluding hydrogens is 417 g/mol. The number of aliphatic imine (C=N–C) groups is 1. The number of alkyl halides is 3. The summed E-state index contributed by atoms with van der Waals surface area (Å²) < 4.78 is 70.8. The van der Waals surface area contributed by atoms with Crippen LogP contribution >= 0.6 is 11.6 Å². The van der Waals surface area contributed by atoms with Gasteiger partial charge in [-0.2, -0.15) is 13.2 Å². The van der Waals surface area contributed by atoms with E-state index in [2.05, 4.69) is 20.2 Å². The zero-order chi connectivity index (χ0) is 21.1. The SMILES string of the molecule is Cc1nnc2n1-c1cnc(C(F)(F)F)c(Cl)c1C(c1c(F)cccc1F)=N[C@H]2C. The van der Waals surface area contributed by atoms with Crippen LogP contribution in [0.2, 0.25) is 5.02 Å². The first-order valence-corrected chi connectivity index (χ1v) is 8.69. The van der Waals surface area contributed by atoms with E-state index in [9.17, 15) is 22.0 Å². The Balaban J connectivity index is 2.16. The van der Waals surface area contributed by atoms with Crippen LogP contribution in [0.15, 0.2) is 29.4 Å². The summed E-state index contributed by atoms with van der Waals surface area (Å²) in [4.78, 5) is 7.73. The minimum Gasteiger partial charge on any atom is -0.279 e. The number of aryl methyl sites for hydroxylation is 1. The smallest absolute Gasteiger partial charge is 0.279 e. The van der Waals surface area contributed by atoms with Gasteiger partial charge >= 0.3 is 6.18 Å². The molecule has 150 valence electrons. The first-order valence-electron chi connectivity index (χ1n) is 8.31. The molecule has 0 unspecified atom stereocenters. The fourth-order valence-corrected chi connectivity index (χ4v) is 3.59. The molecule has 1 atom stereocenters. The molecular formula is C18H11ClF5N5. The van der Waals surface area contributed by atoms with Crippen molar-refractivity contribution in [3.05, 3.63) is 69.5 Å². The number of hydrogen-bond donors (Lipinski definition) is 0. The molecule has 0 fully saturated rings. The molecule has 29 heavy (non-hydrogen) atoms. The fourth-order valence-electron chi connectivity index (χ4n) is 3.25. The van der Waals surface area contributed by atoms with E-state index in [1.165, 1.54) is 4.57 Å². The topological polar surface area (TPSA) is 56.0 Å². The van der Waals surface area contributed by atoms with E-state index in [-0.39, 0.29) is 22.8 Å². The fraction of sp³-hybridized carbons (Fsp3) is 0.222. The van der Waals surface area contributed by atoms with Gasteiger partial charge in [-0.05, 0) is 26.0 Å². The lowest BCUT2D eigenvalue weighted by atomic mass is 9.99. The van der Waals surface area contributed by atoms with Crippen molar-refractivity contribution in [2.24, 2.45) is 4.99 Å². The van der Waals surface area contributed by atoms with Gasteiger partial charge in [-0.25, -0.2) is 13.8 Å². The lowest BCUT2D eigenvalue weighted by Crippen LogP contribution is -2.17. The van der Waals surface area contributed by atoms with Crippen LogP contribution in [0.1, 0.15) is 41.4 Å². The highest BCUT2D eigenvalue weighted by molar-refractivity contribution is 6.37. The van der Waals surface area contributed by atoms with Crippen molar-refractivity contribution in [1.29, 1.82) is 0 Å². The number of rotatable bonds is 1. The van der Waals surface area contributed by atoms with Crippen LogP contribution in [0.25, 0.3) is 5.69 Å². The molecule has 0 amide bonds. The summed E-state index contributed by atoms with van der Waals surface area (Å²) in [6.45, 7) is 3.16. The maximum absolute atomic E-state index is 14.6. The maximum Gasteiger partial charge on any atom is 0.434 e. The van der Waals surface area contributed by atoms with E-state index in [0.717, 1.165) is 24.4 Å². The van der Waals surface area contributed by atoms with Crippen molar-refractivity contribution in [2.75, 3.05) is 0 Å². The molecule has 11 heteroatoms. The quantitative estimate of drug-likeness (QED) is 0.522. The zero-order valence-corrected chi connectivity index (χ0v) is 15.6. The summed E-state index contributed by atoms with van der Waals surface area (Å²) >= 11 is 6.10. The van der Waals surface area contributed by atoms with Crippen LogP contribution in [0.3, 0.4) is 0 Å². The normalized spacial score (nSPS) is 16.1. The zero-order valence-electron chi connectivity index (χ0n) is 14.9. The Kier molecular flexibility index (Phi) is 4.41. The molecule has 0 spiro atoms. The van der Waals surface area contributed by atoms with Gasteiger partial charge < -0.3 is 0 Å². The summed E-state index contributed by atoms with van der Waals surface area (Å²) in [6.07, 6.45) is -3.95. The second-order valence-corrected chi connectivity index (χ2v) is 6.75. The van der Waals surface area contributed by atoms with Gasteiger partial charge in [0.15, 0.2) is 11.5 Å². The van der Waals surface area contributed by atoms with E-state index in [1.54, 1.807) is 13.8 Å².